The Kier molecular flexibility index (Phi) is 6.80. The monoisotopic (exact) mass is 313 g/mol. The van der Waals surface area contributed by atoms with Gasteiger partial charge in [-0.15, -0.1) is 0 Å². The topological polar surface area (TPSA) is 101 Å². The van der Waals surface area contributed by atoms with Gasteiger partial charge in [0, 0.05) is 6.54 Å². The zero-order valence-corrected chi connectivity index (χ0v) is 13.2. The highest BCUT2D eigenvalue weighted by molar-refractivity contribution is 7.89. The van der Waals surface area contributed by atoms with Gasteiger partial charge in [0.2, 0.25) is 15.9 Å². The fraction of sp³-hybridized carbons (Fsp3) is 0.500. The van der Waals surface area contributed by atoms with Gasteiger partial charge in [0.15, 0.2) is 0 Å². The fourth-order valence-corrected chi connectivity index (χ4v) is 2.24. The van der Waals surface area contributed by atoms with Crippen molar-refractivity contribution in [3.8, 4) is 0 Å². The van der Waals surface area contributed by atoms with Crippen LogP contribution in [0.15, 0.2) is 29.2 Å². The quantitative estimate of drug-likeness (QED) is 0.640. The van der Waals surface area contributed by atoms with E-state index in [-0.39, 0.29) is 10.8 Å². The zero-order valence-electron chi connectivity index (χ0n) is 12.4. The van der Waals surface area contributed by atoms with Crippen LogP contribution in [-0.2, 0) is 21.2 Å². The number of amides is 1. The van der Waals surface area contributed by atoms with Gasteiger partial charge >= 0.3 is 0 Å². The molecular formula is C14H23N3O3S. The van der Waals surface area contributed by atoms with Crippen molar-refractivity contribution in [3.63, 3.8) is 0 Å². The molecule has 1 rings (SSSR count). The molecule has 21 heavy (non-hydrogen) atoms. The molecule has 0 aliphatic heterocycles. The van der Waals surface area contributed by atoms with Gasteiger partial charge in [-0.3, -0.25) is 4.79 Å². The number of rotatable bonds is 8. The van der Waals surface area contributed by atoms with E-state index in [1.807, 2.05) is 0 Å². The second-order valence-electron chi connectivity index (χ2n) is 5.31. The van der Waals surface area contributed by atoms with Crippen molar-refractivity contribution in [3.05, 3.63) is 29.8 Å². The Hall–Kier alpha value is -1.44. The summed E-state index contributed by atoms with van der Waals surface area (Å²) in [5.74, 6) is 0.465. The molecule has 1 amide bonds. The Labute approximate surface area is 126 Å². The molecule has 0 bridgehead atoms. The summed E-state index contributed by atoms with van der Waals surface area (Å²) in [5.41, 5.74) is 0.942. The van der Waals surface area contributed by atoms with Crippen molar-refractivity contribution in [2.45, 2.75) is 25.2 Å². The maximum atomic E-state index is 11.5. The van der Waals surface area contributed by atoms with Gasteiger partial charge in [-0.25, -0.2) is 13.6 Å². The van der Waals surface area contributed by atoms with E-state index in [9.17, 15) is 13.2 Å². The largest absolute Gasteiger partial charge is 0.355 e. The number of carbonyl (C=O) groups excluding carboxylic acids is 1. The molecule has 0 saturated heterocycles. The molecule has 6 nitrogen and oxygen atoms in total. The summed E-state index contributed by atoms with van der Waals surface area (Å²) in [6, 6.07) is 6.33. The first-order valence-corrected chi connectivity index (χ1v) is 8.43. The number of hydrogen-bond acceptors (Lipinski definition) is 4. The Morgan fingerprint density at radius 2 is 1.86 bits per heavy atom. The maximum Gasteiger partial charge on any atom is 0.238 e. The van der Waals surface area contributed by atoms with Crippen LogP contribution in [0.1, 0.15) is 19.4 Å². The molecule has 0 aromatic heterocycles. The van der Waals surface area contributed by atoms with Crippen LogP contribution in [-0.4, -0.2) is 34.0 Å². The Balaban J connectivity index is 2.31. The van der Waals surface area contributed by atoms with Gasteiger partial charge < -0.3 is 10.6 Å². The second-order valence-corrected chi connectivity index (χ2v) is 6.88. The second kappa shape index (κ2) is 8.11. The minimum absolute atomic E-state index is 0.0446. The summed E-state index contributed by atoms with van der Waals surface area (Å²) in [5, 5.41) is 10.9. The molecule has 0 saturated carbocycles. The van der Waals surface area contributed by atoms with Crippen LogP contribution in [0.25, 0.3) is 0 Å². The Morgan fingerprint density at radius 3 is 2.38 bits per heavy atom. The van der Waals surface area contributed by atoms with E-state index >= 15 is 0 Å². The van der Waals surface area contributed by atoms with Crippen LogP contribution >= 0.6 is 0 Å². The number of hydrogen-bond donors (Lipinski definition) is 3. The lowest BCUT2D eigenvalue weighted by atomic mass is 10.1. The van der Waals surface area contributed by atoms with E-state index in [4.69, 9.17) is 5.14 Å². The molecule has 0 unspecified atom stereocenters. The molecule has 0 radical (unpaired) electrons. The minimum Gasteiger partial charge on any atom is -0.355 e. The van der Waals surface area contributed by atoms with E-state index in [0.717, 1.165) is 12.1 Å². The average Bonchev–Trinajstić information content (AvgIpc) is 2.38. The molecular weight excluding hydrogens is 290 g/mol. The van der Waals surface area contributed by atoms with Gasteiger partial charge in [-0.2, -0.15) is 0 Å². The number of benzene rings is 1. The lowest BCUT2D eigenvalue weighted by Crippen LogP contribution is -2.36. The molecule has 118 valence electrons. The minimum atomic E-state index is -3.65. The maximum absolute atomic E-state index is 11.5. The smallest absolute Gasteiger partial charge is 0.238 e. The van der Waals surface area contributed by atoms with Gasteiger partial charge in [0.05, 0.1) is 11.4 Å². The van der Waals surface area contributed by atoms with Gasteiger partial charge in [0.1, 0.15) is 0 Å². The first-order chi connectivity index (χ1) is 9.79. The van der Waals surface area contributed by atoms with Crippen molar-refractivity contribution in [1.29, 1.82) is 0 Å². The molecule has 0 heterocycles. The summed E-state index contributed by atoms with van der Waals surface area (Å²) in [6.45, 7) is 5.79. The number of carbonyl (C=O) groups is 1. The molecule has 0 fully saturated rings. The zero-order chi connectivity index (χ0) is 15.9. The van der Waals surface area contributed by atoms with Crippen LogP contribution in [0.3, 0.4) is 0 Å². The number of nitrogens with one attached hydrogen (secondary N) is 2. The van der Waals surface area contributed by atoms with Gasteiger partial charge in [0.25, 0.3) is 0 Å². The summed E-state index contributed by atoms with van der Waals surface area (Å²) in [7, 11) is -3.65. The highest BCUT2D eigenvalue weighted by atomic mass is 32.2. The van der Waals surface area contributed by atoms with Crippen molar-refractivity contribution in [1.82, 2.24) is 10.6 Å². The molecule has 4 N–H and O–H groups in total. The predicted octanol–water partition coefficient (Wildman–Crippen LogP) is 0.238. The molecule has 0 aliphatic rings. The summed E-state index contributed by atoms with van der Waals surface area (Å²) >= 11 is 0. The van der Waals surface area contributed by atoms with E-state index in [2.05, 4.69) is 24.5 Å². The Bertz CT molecular complexity index is 553. The van der Waals surface area contributed by atoms with E-state index in [1.165, 1.54) is 12.1 Å². The third-order valence-corrected chi connectivity index (χ3v) is 3.76. The molecule has 1 aromatic rings. The van der Waals surface area contributed by atoms with E-state index < -0.39 is 10.0 Å². The highest BCUT2D eigenvalue weighted by Gasteiger charge is 2.07. The first-order valence-electron chi connectivity index (χ1n) is 6.88. The number of primary sulfonamides is 1. The molecule has 0 atom stereocenters. The summed E-state index contributed by atoms with van der Waals surface area (Å²) in [6.07, 6.45) is 0.640. The fourth-order valence-electron chi connectivity index (χ4n) is 1.73. The molecule has 1 aromatic carbocycles. The van der Waals surface area contributed by atoms with Crippen molar-refractivity contribution in [2.24, 2.45) is 11.1 Å². The van der Waals surface area contributed by atoms with Crippen LogP contribution in [0, 0.1) is 5.92 Å². The first kappa shape index (κ1) is 17.6. The Morgan fingerprint density at radius 1 is 1.24 bits per heavy atom. The van der Waals surface area contributed by atoms with Gasteiger partial charge in [-0.05, 0) is 36.6 Å². The van der Waals surface area contributed by atoms with Crippen molar-refractivity contribution >= 4 is 15.9 Å². The lowest BCUT2D eigenvalue weighted by molar-refractivity contribution is -0.120. The van der Waals surface area contributed by atoms with Crippen LogP contribution in [0.4, 0.5) is 0 Å². The molecule has 0 spiro atoms. The lowest BCUT2D eigenvalue weighted by Gasteiger charge is -2.08. The average molecular weight is 313 g/mol. The van der Waals surface area contributed by atoms with Crippen LogP contribution in [0.2, 0.25) is 0 Å². The van der Waals surface area contributed by atoms with Gasteiger partial charge in [-0.1, -0.05) is 26.0 Å². The van der Waals surface area contributed by atoms with Crippen molar-refractivity contribution < 1.29 is 13.2 Å². The van der Waals surface area contributed by atoms with Crippen molar-refractivity contribution in [2.75, 3.05) is 19.6 Å². The third-order valence-electron chi connectivity index (χ3n) is 2.83. The molecule has 7 heteroatoms. The number of sulfonamides is 1. The predicted molar refractivity (Wildman–Crippen MR) is 82.2 cm³/mol. The SMILES string of the molecule is CC(C)CNCC(=O)NCCc1ccc(S(N)(=O)=O)cc1. The standard InChI is InChI=1S/C14H23N3O3S/c1-11(2)9-16-10-14(18)17-8-7-12-3-5-13(6-4-12)21(15,19)20/h3-6,11,16H,7-10H2,1-2H3,(H,17,18)(H2,15,19,20). The summed E-state index contributed by atoms with van der Waals surface area (Å²) < 4.78 is 22.2. The van der Waals surface area contributed by atoms with E-state index in [0.29, 0.717) is 25.4 Å². The number of nitrogens with two attached hydrogens (primary N) is 1. The summed E-state index contributed by atoms with van der Waals surface area (Å²) in [4.78, 5) is 11.6. The van der Waals surface area contributed by atoms with E-state index in [1.54, 1.807) is 12.1 Å². The third kappa shape index (κ3) is 7.22. The highest BCUT2D eigenvalue weighted by Crippen LogP contribution is 2.08. The van der Waals surface area contributed by atoms with Crippen LogP contribution in [0.5, 0.6) is 0 Å². The normalized spacial score (nSPS) is 11.6. The van der Waals surface area contributed by atoms with Crippen LogP contribution < -0.4 is 15.8 Å². The molecule has 0 aliphatic carbocycles.